The van der Waals surface area contributed by atoms with Crippen LogP contribution in [0.25, 0.3) is 11.4 Å². The van der Waals surface area contributed by atoms with Gasteiger partial charge in [-0.2, -0.15) is 0 Å². The van der Waals surface area contributed by atoms with E-state index >= 15 is 0 Å². The van der Waals surface area contributed by atoms with Gasteiger partial charge in [0.05, 0.1) is 0 Å². The van der Waals surface area contributed by atoms with Crippen molar-refractivity contribution in [1.82, 2.24) is 25.1 Å². The Labute approximate surface area is 167 Å². The first-order chi connectivity index (χ1) is 13.5. The van der Waals surface area contributed by atoms with Crippen LogP contribution in [0.15, 0.2) is 36.7 Å². The van der Waals surface area contributed by atoms with E-state index in [2.05, 4.69) is 51.2 Å². The second kappa shape index (κ2) is 7.97. The average Bonchev–Trinajstić information content (AvgIpc) is 2.88. The molecular weight excluding hydrogens is 350 g/mol. The van der Waals surface area contributed by atoms with E-state index in [9.17, 15) is 4.79 Å². The maximum atomic E-state index is 11.8. The van der Waals surface area contributed by atoms with Crippen LogP contribution in [0.4, 0.5) is 0 Å². The van der Waals surface area contributed by atoms with Gasteiger partial charge in [-0.05, 0) is 32.9 Å². The van der Waals surface area contributed by atoms with Crippen LogP contribution in [0.5, 0.6) is 0 Å². The molecule has 0 bridgehead atoms. The van der Waals surface area contributed by atoms with Gasteiger partial charge in [-0.15, -0.1) is 0 Å². The molecule has 2 aliphatic heterocycles. The first kappa shape index (κ1) is 19.0. The lowest BCUT2D eigenvalue weighted by molar-refractivity contribution is -0.121. The van der Waals surface area contributed by atoms with E-state index in [0.29, 0.717) is 6.42 Å². The SMILES string of the molecule is Cc1cccc(-c2ncc(CN3CCN(C)[C@@]4(CCNC(=O)CC4)C3)cn2)c1. The van der Waals surface area contributed by atoms with E-state index in [0.717, 1.165) is 62.5 Å². The largest absolute Gasteiger partial charge is 0.356 e. The summed E-state index contributed by atoms with van der Waals surface area (Å²) in [6, 6.07) is 8.28. The lowest BCUT2D eigenvalue weighted by Crippen LogP contribution is -2.60. The Balaban J connectivity index is 1.44. The number of aryl methyl sites for hydroxylation is 1. The van der Waals surface area contributed by atoms with Gasteiger partial charge in [-0.3, -0.25) is 14.6 Å². The highest BCUT2D eigenvalue weighted by atomic mass is 16.1. The normalized spacial score (nSPS) is 24.1. The molecule has 2 aromatic rings. The third-order valence-corrected chi connectivity index (χ3v) is 6.20. The molecule has 0 saturated carbocycles. The number of hydrogen-bond donors (Lipinski definition) is 1. The summed E-state index contributed by atoms with van der Waals surface area (Å²) in [6.45, 7) is 6.74. The molecule has 1 aromatic carbocycles. The smallest absolute Gasteiger partial charge is 0.220 e. The predicted octanol–water partition coefficient (Wildman–Crippen LogP) is 2.24. The highest BCUT2D eigenvalue weighted by Gasteiger charge is 2.40. The van der Waals surface area contributed by atoms with Gasteiger partial charge < -0.3 is 5.32 Å². The molecule has 1 aromatic heterocycles. The van der Waals surface area contributed by atoms with E-state index in [1.54, 1.807) is 0 Å². The summed E-state index contributed by atoms with van der Waals surface area (Å²) < 4.78 is 0. The van der Waals surface area contributed by atoms with Crippen molar-refractivity contribution < 1.29 is 4.79 Å². The molecule has 4 rings (SSSR count). The Morgan fingerprint density at radius 2 is 2.00 bits per heavy atom. The molecular formula is C22H29N5O. The molecule has 1 spiro atoms. The number of hydrogen-bond acceptors (Lipinski definition) is 5. The summed E-state index contributed by atoms with van der Waals surface area (Å²) in [7, 11) is 2.20. The summed E-state index contributed by atoms with van der Waals surface area (Å²) in [5.41, 5.74) is 3.49. The van der Waals surface area contributed by atoms with Gasteiger partial charge in [0.2, 0.25) is 5.91 Å². The first-order valence-corrected chi connectivity index (χ1v) is 10.1. The number of carbonyl (C=O) groups is 1. The van der Waals surface area contributed by atoms with Gasteiger partial charge in [-0.1, -0.05) is 23.8 Å². The number of carbonyl (C=O) groups excluding carboxylic acids is 1. The molecule has 1 amide bonds. The molecule has 1 N–H and O–H groups in total. The third kappa shape index (κ3) is 4.08. The minimum absolute atomic E-state index is 0.0831. The highest BCUT2D eigenvalue weighted by Crippen LogP contribution is 2.31. The molecule has 1 atom stereocenters. The fourth-order valence-electron chi connectivity index (χ4n) is 4.44. The zero-order valence-electron chi connectivity index (χ0n) is 16.8. The summed E-state index contributed by atoms with van der Waals surface area (Å²) in [5.74, 6) is 0.957. The number of aromatic nitrogens is 2. The Morgan fingerprint density at radius 3 is 2.79 bits per heavy atom. The van der Waals surface area contributed by atoms with Crippen molar-refractivity contribution in [3.05, 3.63) is 47.8 Å². The molecule has 6 heteroatoms. The molecule has 2 fully saturated rings. The minimum atomic E-state index is 0.0831. The average molecular weight is 380 g/mol. The maximum absolute atomic E-state index is 11.8. The van der Waals surface area contributed by atoms with E-state index in [1.807, 2.05) is 24.5 Å². The van der Waals surface area contributed by atoms with Crippen LogP contribution < -0.4 is 5.32 Å². The Kier molecular flexibility index (Phi) is 5.42. The summed E-state index contributed by atoms with van der Waals surface area (Å²) >= 11 is 0. The monoisotopic (exact) mass is 379 g/mol. The zero-order chi connectivity index (χ0) is 19.6. The Bertz CT molecular complexity index is 837. The van der Waals surface area contributed by atoms with Crippen LogP contribution in [-0.4, -0.2) is 64.4 Å². The fraction of sp³-hybridized carbons (Fsp3) is 0.500. The van der Waals surface area contributed by atoms with Crippen molar-refractivity contribution in [2.45, 2.75) is 38.3 Å². The Morgan fingerprint density at radius 1 is 1.18 bits per heavy atom. The van der Waals surface area contributed by atoms with E-state index in [1.165, 1.54) is 5.56 Å². The maximum Gasteiger partial charge on any atom is 0.220 e. The predicted molar refractivity (Wildman–Crippen MR) is 110 cm³/mol. The summed E-state index contributed by atoms with van der Waals surface area (Å²) in [4.78, 5) is 25.9. The van der Waals surface area contributed by atoms with Gasteiger partial charge in [0.25, 0.3) is 0 Å². The number of rotatable bonds is 3. The van der Waals surface area contributed by atoms with Crippen LogP contribution in [0.2, 0.25) is 0 Å². The standard InChI is InChI=1S/C22H29N5O/c1-17-4-3-5-19(12-17)21-24-13-18(14-25-21)15-27-11-10-26(2)22(16-27)7-6-20(28)23-9-8-22/h3-5,12-14H,6-11,15-16H2,1-2H3,(H,23,28)/t22-/m0/s1. The number of nitrogens with one attached hydrogen (secondary N) is 1. The molecule has 6 nitrogen and oxygen atoms in total. The highest BCUT2D eigenvalue weighted by molar-refractivity contribution is 5.76. The number of nitrogens with zero attached hydrogens (tertiary/aromatic N) is 4. The first-order valence-electron chi connectivity index (χ1n) is 10.1. The second-order valence-electron chi connectivity index (χ2n) is 8.24. The van der Waals surface area contributed by atoms with Crippen molar-refractivity contribution >= 4 is 5.91 Å². The van der Waals surface area contributed by atoms with Gasteiger partial charge in [-0.25, -0.2) is 9.97 Å². The van der Waals surface area contributed by atoms with Crippen LogP contribution in [0.1, 0.15) is 30.4 Å². The lowest BCUT2D eigenvalue weighted by atomic mass is 9.86. The number of benzene rings is 1. The quantitative estimate of drug-likeness (QED) is 0.886. The van der Waals surface area contributed by atoms with Crippen LogP contribution in [-0.2, 0) is 11.3 Å². The van der Waals surface area contributed by atoms with Gasteiger partial charge in [0.1, 0.15) is 0 Å². The minimum Gasteiger partial charge on any atom is -0.356 e. The molecule has 2 aliphatic rings. The molecule has 3 heterocycles. The number of piperazine rings is 1. The van der Waals surface area contributed by atoms with Crippen molar-refractivity contribution in [2.24, 2.45) is 0 Å². The topological polar surface area (TPSA) is 61.4 Å². The molecule has 2 saturated heterocycles. The van der Waals surface area contributed by atoms with E-state index in [-0.39, 0.29) is 11.4 Å². The fourth-order valence-corrected chi connectivity index (χ4v) is 4.44. The van der Waals surface area contributed by atoms with Crippen molar-refractivity contribution in [1.29, 1.82) is 0 Å². The van der Waals surface area contributed by atoms with E-state index < -0.39 is 0 Å². The lowest BCUT2D eigenvalue weighted by Gasteiger charge is -2.49. The second-order valence-corrected chi connectivity index (χ2v) is 8.24. The number of amides is 1. The van der Waals surface area contributed by atoms with Gasteiger partial charge >= 0.3 is 0 Å². The van der Waals surface area contributed by atoms with Crippen molar-refractivity contribution in [2.75, 3.05) is 33.2 Å². The summed E-state index contributed by atoms with van der Waals surface area (Å²) in [6.07, 6.45) is 6.46. The van der Waals surface area contributed by atoms with Crippen LogP contribution >= 0.6 is 0 Å². The van der Waals surface area contributed by atoms with Gasteiger partial charge in [0.15, 0.2) is 5.82 Å². The van der Waals surface area contributed by atoms with Crippen molar-refractivity contribution in [3.63, 3.8) is 0 Å². The molecule has 0 aliphatic carbocycles. The third-order valence-electron chi connectivity index (χ3n) is 6.20. The molecule has 0 radical (unpaired) electrons. The number of likely N-dealkylation sites (N-methyl/N-ethyl adjacent to an activating group) is 1. The summed E-state index contributed by atoms with van der Waals surface area (Å²) in [5, 5.41) is 3.02. The van der Waals surface area contributed by atoms with E-state index in [4.69, 9.17) is 0 Å². The molecule has 28 heavy (non-hydrogen) atoms. The van der Waals surface area contributed by atoms with Crippen LogP contribution in [0.3, 0.4) is 0 Å². The van der Waals surface area contributed by atoms with Crippen LogP contribution in [0, 0.1) is 6.92 Å². The molecule has 148 valence electrons. The van der Waals surface area contributed by atoms with Crippen molar-refractivity contribution in [3.8, 4) is 11.4 Å². The Hall–Kier alpha value is -2.31. The zero-order valence-corrected chi connectivity index (χ0v) is 16.8. The molecule has 0 unspecified atom stereocenters. The van der Waals surface area contributed by atoms with Gasteiger partial charge in [0, 0.05) is 68.2 Å².